The molecular formula is C14H19N3O6S. The van der Waals surface area contributed by atoms with Gasteiger partial charge in [-0.2, -0.15) is 0 Å². The van der Waals surface area contributed by atoms with Gasteiger partial charge in [-0.05, 0) is 19.4 Å². The van der Waals surface area contributed by atoms with Crippen molar-refractivity contribution in [2.45, 2.75) is 18.9 Å². The van der Waals surface area contributed by atoms with E-state index < -0.39 is 26.2 Å². The molecule has 2 rings (SSSR count). The van der Waals surface area contributed by atoms with E-state index in [0.717, 1.165) is 0 Å². The summed E-state index contributed by atoms with van der Waals surface area (Å²) in [4.78, 5) is 22.3. The van der Waals surface area contributed by atoms with Crippen molar-refractivity contribution in [1.29, 1.82) is 0 Å². The van der Waals surface area contributed by atoms with Crippen LogP contribution in [0.25, 0.3) is 0 Å². The first kappa shape index (κ1) is 18.0. The summed E-state index contributed by atoms with van der Waals surface area (Å²) in [7, 11) is -1.71. The normalized spacial score (nSPS) is 21.9. The lowest BCUT2D eigenvalue weighted by molar-refractivity contribution is -0.384. The zero-order valence-corrected chi connectivity index (χ0v) is 14.2. The van der Waals surface area contributed by atoms with Crippen LogP contribution in [0.1, 0.15) is 13.3 Å². The Morgan fingerprint density at radius 3 is 2.71 bits per heavy atom. The summed E-state index contributed by atoms with van der Waals surface area (Å²) in [5.74, 6) is -0.0758. The fourth-order valence-corrected chi connectivity index (χ4v) is 4.71. The molecule has 0 saturated carbocycles. The van der Waals surface area contributed by atoms with Gasteiger partial charge >= 0.3 is 0 Å². The van der Waals surface area contributed by atoms with Crippen LogP contribution in [-0.2, 0) is 14.6 Å². The van der Waals surface area contributed by atoms with Crippen molar-refractivity contribution in [3.8, 4) is 5.75 Å². The number of non-ortho nitro benzene ring substituents is 1. The highest BCUT2D eigenvalue weighted by Crippen LogP contribution is 2.28. The van der Waals surface area contributed by atoms with E-state index in [1.807, 2.05) is 0 Å². The molecule has 1 atom stereocenters. The summed E-state index contributed by atoms with van der Waals surface area (Å²) in [6, 6.07) is 4.01. The molecule has 1 fully saturated rings. The summed E-state index contributed by atoms with van der Waals surface area (Å²) in [5.41, 5.74) is -0.608. The number of ether oxygens (including phenoxy) is 1. The van der Waals surface area contributed by atoms with Gasteiger partial charge in [-0.15, -0.1) is 0 Å². The van der Waals surface area contributed by atoms with E-state index in [0.29, 0.717) is 17.9 Å². The third-order valence-corrected chi connectivity index (χ3v) is 5.68. The molecule has 1 aliphatic rings. The average Bonchev–Trinajstić information content (AvgIpc) is 2.77. The standard InChI is InChI=1S/C14H19N3O6S/c1-14(5-6-24(21,22)9-14)16-13(18)8-15-11-7-10(17(19)20)3-4-12(11)23-2/h3-4,7,15H,5-6,8-9H2,1-2H3,(H,16,18). The number of nitrogens with one attached hydrogen (secondary N) is 2. The number of hydrogen-bond donors (Lipinski definition) is 2. The van der Waals surface area contributed by atoms with Crippen LogP contribution in [-0.4, -0.2) is 49.9 Å². The molecule has 0 spiro atoms. The Hall–Kier alpha value is -2.36. The van der Waals surface area contributed by atoms with E-state index >= 15 is 0 Å². The van der Waals surface area contributed by atoms with Gasteiger partial charge in [-0.25, -0.2) is 8.42 Å². The number of rotatable bonds is 6. The van der Waals surface area contributed by atoms with Crippen molar-refractivity contribution in [1.82, 2.24) is 5.32 Å². The average molecular weight is 357 g/mol. The molecule has 9 nitrogen and oxygen atoms in total. The topological polar surface area (TPSA) is 128 Å². The van der Waals surface area contributed by atoms with Crippen molar-refractivity contribution < 1.29 is 22.9 Å². The first-order valence-electron chi connectivity index (χ1n) is 7.22. The molecule has 24 heavy (non-hydrogen) atoms. The van der Waals surface area contributed by atoms with Crippen LogP contribution in [0.4, 0.5) is 11.4 Å². The lowest BCUT2D eigenvalue weighted by Crippen LogP contribution is -2.48. The minimum atomic E-state index is -3.12. The predicted molar refractivity (Wildman–Crippen MR) is 88.0 cm³/mol. The van der Waals surface area contributed by atoms with Crippen LogP contribution in [0.3, 0.4) is 0 Å². The maximum absolute atomic E-state index is 12.1. The van der Waals surface area contributed by atoms with Crippen LogP contribution < -0.4 is 15.4 Å². The summed E-state index contributed by atoms with van der Waals surface area (Å²) in [6.07, 6.45) is 0.362. The third kappa shape index (κ3) is 4.34. The highest BCUT2D eigenvalue weighted by atomic mass is 32.2. The lowest BCUT2D eigenvalue weighted by Gasteiger charge is -2.24. The Morgan fingerprint density at radius 1 is 1.46 bits per heavy atom. The van der Waals surface area contributed by atoms with Gasteiger partial charge < -0.3 is 15.4 Å². The Labute approximate surface area is 139 Å². The maximum Gasteiger partial charge on any atom is 0.271 e. The highest BCUT2D eigenvalue weighted by molar-refractivity contribution is 7.91. The molecule has 132 valence electrons. The number of nitro benzene ring substituents is 1. The molecular weight excluding hydrogens is 338 g/mol. The number of methoxy groups -OCH3 is 1. The van der Waals surface area contributed by atoms with Gasteiger partial charge in [0, 0.05) is 12.1 Å². The summed E-state index contributed by atoms with van der Waals surface area (Å²) >= 11 is 0. The quantitative estimate of drug-likeness (QED) is 0.567. The van der Waals surface area contributed by atoms with Crippen LogP contribution in [0, 0.1) is 10.1 Å². The molecule has 0 aliphatic carbocycles. The molecule has 0 aromatic heterocycles. The largest absolute Gasteiger partial charge is 0.495 e. The minimum Gasteiger partial charge on any atom is -0.495 e. The van der Waals surface area contributed by atoms with E-state index in [9.17, 15) is 23.3 Å². The molecule has 1 unspecified atom stereocenters. The molecule has 10 heteroatoms. The zero-order chi connectivity index (χ0) is 18.0. The van der Waals surface area contributed by atoms with Gasteiger partial charge in [0.05, 0.1) is 41.3 Å². The number of nitrogens with zero attached hydrogens (tertiary/aromatic N) is 1. The van der Waals surface area contributed by atoms with Crippen LogP contribution in [0.2, 0.25) is 0 Å². The van der Waals surface area contributed by atoms with Gasteiger partial charge in [0.2, 0.25) is 5.91 Å². The van der Waals surface area contributed by atoms with E-state index in [4.69, 9.17) is 4.74 Å². The number of sulfone groups is 1. The second-order valence-electron chi connectivity index (χ2n) is 5.95. The molecule has 1 aromatic carbocycles. The smallest absolute Gasteiger partial charge is 0.271 e. The number of benzene rings is 1. The van der Waals surface area contributed by atoms with Crippen molar-refractivity contribution >= 4 is 27.1 Å². The fraction of sp³-hybridized carbons (Fsp3) is 0.500. The van der Waals surface area contributed by atoms with Crippen molar-refractivity contribution in [3.63, 3.8) is 0 Å². The van der Waals surface area contributed by atoms with E-state index in [1.165, 1.54) is 25.3 Å². The van der Waals surface area contributed by atoms with E-state index in [2.05, 4.69) is 10.6 Å². The van der Waals surface area contributed by atoms with Gasteiger partial charge in [-0.3, -0.25) is 14.9 Å². The highest BCUT2D eigenvalue weighted by Gasteiger charge is 2.39. The SMILES string of the molecule is COc1ccc([N+](=O)[O-])cc1NCC(=O)NC1(C)CCS(=O)(=O)C1. The minimum absolute atomic E-state index is 0.0515. The summed E-state index contributed by atoms with van der Waals surface area (Å²) < 4.78 is 28.2. The fourth-order valence-electron chi connectivity index (χ4n) is 2.61. The number of hydrogen-bond acceptors (Lipinski definition) is 7. The number of nitro groups is 1. The lowest BCUT2D eigenvalue weighted by atomic mass is 10.0. The van der Waals surface area contributed by atoms with Crippen molar-refractivity contribution in [2.75, 3.05) is 30.5 Å². The Kier molecular flexibility index (Phi) is 4.97. The predicted octanol–water partition coefficient (Wildman–Crippen LogP) is 0.709. The van der Waals surface area contributed by atoms with Crippen molar-refractivity contribution in [2.24, 2.45) is 0 Å². The number of amides is 1. The molecule has 1 aromatic rings. The number of carbonyl (C=O) groups is 1. The van der Waals surface area contributed by atoms with E-state index in [-0.39, 0.29) is 23.7 Å². The molecule has 0 bridgehead atoms. The maximum atomic E-state index is 12.1. The first-order valence-corrected chi connectivity index (χ1v) is 9.04. The zero-order valence-electron chi connectivity index (χ0n) is 13.4. The first-order chi connectivity index (χ1) is 11.1. The van der Waals surface area contributed by atoms with E-state index in [1.54, 1.807) is 6.92 Å². The Bertz CT molecular complexity index is 764. The summed E-state index contributed by atoms with van der Waals surface area (Å²) in [6.45, 7) is 1.52. The summed E-state index contributed by atoms with van der Waals surface area (Å²) in [5, 5.41) is 16.3. The number of anilines is 1. The molecule has 1 saturated heterocycles. The van der Waals surface area contributed by atoms with Gasteiger partial charge in [0.15, 0.2) is 9.84 Å². The second kappa shape index (κ2) is 6.63. The molecule has 1 amide bonds. The van der Waals surface area contributed by atoms with Crippen LogP contribution in [0.5, 0.6) is 5.75 Å². The Morgan fingerprint density at radius 2 is 2.17 bits per heavy atom. The monoisotopic (exact) mass is 357 g/mol. The van der Waals surface area contributed by atoms with Crippen LogP contribution >= 0.6 is 0 Å². The molecule has 0 radical (unpaired) electrons. The number of carbonyl (C=O) groups excluding carboxylic acids is 1. The van der Waals surface area contributed by atoms with Gasteiger partial charge in [0.1, 0.15) is 5.75 Å². The van der Waals surface area contributed by atoms with Gasteiger partial charge in [0.25, 0.3) is 5.69 Å². The second-order valence-corrected chi connectivity index (χ2v) is 8.13. The molecule has 1 aliphatic heterocycles. The van der Waals surface area contributed by atoms with Crippen LogP contribution in [0.15, 0.2) is 18.2 Å². The Balaban J connectivity index is 2.01. The molecule has 2 N–H and O–H groups in total. The van der Waals surface area contributed by atoms with Crippen molar-refractivity contribution in [3.05, 3.63) is 28.3 Å². The third-order valence-electron chi connectivity index (χ3n) is 3.78. The van der Waals surface area contributed by atoms with Gasteiger partial charge in [-0.1, -0.05) is 0 Å². The molecule has 1 heterocycles.